The van der Waals surface area contributed by atoms with Crippen molar-refractivity contribution in [3.63, 3.8) is 0 Å². The first-order chi connectivity index (χ1) is 16.8. The molecule has 36 heavy (non-hydrogen) atoms. The van der Waals surface area contributed by atoms with Crippen LogP contribution in [0.5, 0.6) is 11.5 Å². The van der Waals surface area contributed by atoms with Crippen LogP contribution in [0, 0.1) is 6.92 Å². The van der Waals surface area contributed by atoms with E-state index in [9.17, 15) is 10.2 Å². The van der Waals surface area contributed by atoms with Gasteiger partial charge in [-0.2, -0.15) is 0 Å². The largest absolute Gasteiger partial charge is 0.507 e. The molecule has 0 aliphatic heterocycles. The third-order valence-corrected chi connectivity index (χ3v) is 7.43. The topological polar surface area (TPSA) is 40.5 Å². The van der Waals surface area contributed by atoms with Crippen LogP contribution >= 0.6 is 0 Å². The molecule has 0 atom stereocenters. The Bertz CT molecular complexity index is 921. The number of hydrogen-bond donors (Lipinski definition) is 2. The Morgan fingerprint density at radius 1 is 0.583 bits per heavy atom. The lowest BCUT2D eigenvalue weighted by Crippen LogP contribution is -2.18. The van der Waals surface area contributed by atoms with Crippen molar-refractivity contribution < 1.29 is 10.2 Å². The Morgan fingerprint density at radius 2 is 1.03 bits per heavy atom. The molecule has 202 valence electrons. The van der Waals surface area contributed by atoms with Crippen LogP contribution in [0.15, 0.2) is 24.3 Å². The molecule has 0 aliphatic carbocycles. The lowest BCUT2D eigenvalue weighted by Gasteiger charge is -2.28. The minimum atomic E-state index is -0.133. The van der Waals surface area contributed by atoms with Crippen LogP contribution in [-0.4, -0.2) is 10.2 Å². The first-order valence-corrected chi connectivity index (χ1v) is 14.5. The fraction of sp³-hybridized carbons (Fsp3) is 0.647. The maximum atomic E-state index is 11.1. The van der Waals surface area contributed by atoms with Gasteiger partial charge in [-0.1, -0.05) is 131 Å². The highest BCUT2D eigenvalue weighted by Crippen LogP contribution is 2.40. The molecule has 0 bridgehead atoms. The van der Waals surface area contributed by atoms with Crippen molar-refractivity contribution in [2.45, 2.75) is 143 Å². The predicted molar refractivity (Wildman–Crippen MR) is 157 cm³/mol. The molecule has 0 saturated heterocycles. The molecule has 0 radical (unpaired) electrons. The zero-order valence-corrected chi connectivity index (χ0v) is 24.7. The van der Waals surface area contributed by atoms with E-state index in [0.29, 0.717) is 11.5 Å². The average Bonchev–Trinajstić information content (AvgIpc) is 2.77. The molecule has 0 aliphatic rings. The van der Waals surface area contributed by atoms with E-state index in [4.69, 9.17) is 0 Å². The maximum absolute atomic E-state index is 11.1. The highest BCUT2D eigenvalue weighted by molar-refractivity contribution is 5.51. The second kappa shape index (κ2) is 13.5. The van der Waals surface area contributed by atoms with Gasteiger partial charge in [0.15, 0.2) is 0 Å². The first kappa shape index (κ1) is 30.3. The third-order valence-electron chi connectivity index (χ3n) is 7.43. The van der Waals surface area contributed by atoms with E-state index in [1.807, 2.05) is 6.92 Å². The van der Waals surface area contributed by atoms with Crippen molar-refractivity contribution >= 4 is 0 Å². The molecule has 0 fully saturated rings. The van der Waals surface area contributed by atoms with Crippen LogP contribution in [0.2, 0.25) is 0 Å². The maximum Gasteiger partial charge on any atom is 0.123 e. The van der Waals surface area contributed by atoms with Crippen molar-refractivity contribution in [1.82, 2.24) is 0 Å². The Morgan fingerprint density at radius 3 is 1.50 bits per heavy atom. The summed E-state index contributed by atoms with van der Waals surface area (Å²) in [5.41, 5.74) is 6.24. The van der Waals surface area contributed by atoms with Gasteiger partial charge in [0.05, 0.1) is 0 Å². The van der Waals surface area contributed by atoms with Gasteiger partial charge in [-0.3, -0.25) is 0 Å². The quantitative estimate of drug-likeness (QED) is 0.272. The molecular weight excluding hydrogens is 440 g/mol. The minimum absolute atomic E-state index is 0.133. The summed E-state index contributed by atoms with van der Waals surface area (Å²) in [7, 11) is 0. The van der Waals surface area contributed by atoms with Gasteiger partial charge < -0.3 is 10.2 Å². The summed E-state index contributed by atoms with van der Waals surface area (Å²) in [6.45, 7) is 17.2. The average molecular weight is 495 g/mol. The monoisotopic (exact) mass is 494 g/mol. The summed E-state index contributed by atoms with van der Waals surface area (Å²) in [5, 5.41) is 21.8. The smallest absolute Gasteiger partial charge is 0.123 e. The van der Waals surface area contributed by atoms with E-state index in [1.54, 1.807) is 0 Å². The van der Waals surface area contributed by atoms with Crippen LogP contribution in [0.3, 0.4) is 0 Å². The molecular formula is C34H54O2. The first-order valence-electron chi connectivity index (χ1n) is 14.5. The van der Waals surface area contributed by atoms with E-state index in [0.717, 1.165) is 41.5 Å². The number of aromatic hydroxyl groups is 2. The van der Waals surface area contributed by atoms with E-state index in [2.05, 4.69) is 72.7 Å². The highest BCUT2D eigenvalue weighted by atomic mass is 16.3. The van der Waals surface area contributed by atoms with Gasteiger partial charge in [0, 0.05) is 0 Å². The summed E-state index contributed by atoms with van der Waals surface area (Å²) in [6.07, 6.45) is 15.0. The van der Waals surface area contributed by atoms with Crippen molar-refractivity contribution in [2.75, 3.05) is 0 Å². The number of unbranched alkanes of at least 4 members (excludes halogenated alkanes) is 9. The van der Waals surface area contributed by atoms with Gasteiger partial charge in [-0.25, -0.2) is 0 Å². The second-order valence-corrected chi connectivity index (χ2v) is 13.1. The van der Waals surface area contributed by atoms with E-state index < -0.39 is 0 Å². The summed E-state index contributed by atoms with van der Waals surface area (Å²) >= 11 is 0. The van der Waals surface area contributed by atoms with E-state index >= 15 is 0 Å². The van der Waals surface area contributed by atoms with Gasteiger partial charge in [-0.05, 0) is 70.4 Å². The normalized spacial score (nSPS) is 12.3. The number of benzene rings is 2. The van der Waals surface area contributed by atoms with Crippen LogP contribution in [0.25, 0.3) is 0 Å². The molecule has 0 saturated carbocycles. The summed E-state index contributed by atoms with van der Waals surface area (Å²) < 4.78 is 0. The van der Waals surface area contributed by atoms with Gasteiger partial charge in [0.25, 0.3) is 0 Å². The van der Waals surface area contributed by atoms with Crippen molar-refractivity contribution in [3.05, 3.63) is 57.6 Å². The molecule has 0 heterocycles. The Hall–Kier alpha value is -1.96. The molecule has 0 spiro atoms. The minimum Gasteiger partial charge on any atom is -0.507 e. The standard InChI is InChI=1S/C34H54O2/c1-9-10-11-12-13-14-15-16-17-18-19-28-22-26(20-25(2)31(28)35)21-27-23-29(33(3,4)5)32(36)30(24-27)34(6,7)8/h20,22-24,35-36H,9-19,21H2,1-8H3. The fourth-order valence-electron chi connectivity index (χ4n) is 5.20. The van der Waals surface area contributed by atoms with Gasteiger partial charge in [0.2, 0.25) is 0 Å². The lowest BCUT2D eigenvalue weighted by molar-refractivity contribution is 0.423. The number of aryl methyl sites for hydroxylation is 2. The summed E-state index contributed by atoms with van der Waals surface area (Å²) in [6, 6.07) is 8.68. The van der Waals surface area contributed by atoms with Gasteiger partial charge >= 0.3 is 0 Å². The highest BCUT2D eigenvalue weighted by Gasteiger charge is 2.26. The van der Waals surface area contributed by atoms with E-state index in [-0.39, 0.29) is 10.8 Å². The van der Waals surface area contributed by atoms with Crippen molar-refractivity contribution in [3.8, 4) is 11.5 Å². The van der Waals surface area contributed by atoms with Crippen LogP contribution in [-0.2, 0) is 23.7 Å². The second-order valence-electron chi connectivity index (χ2n) is 13.1. The Kier molecular flexibility index (Phi) is 11.4. The predicted octanol–water partition coefficient (Wildman–Crippen LogP) is 10.1. The molecule has 2 N–H and O–H groups in total. The molecule has 2 rings (SSSR count). The molecule has 2 aromatic rings. The Balaban J connectivity index is 2.07. The SMILES string of the molecule is CCCCCCCCCCCCc1cc(Cc2cc(C(C)(C)C)c(O)c(C(C)(C)C)c2)cc(C)c1O. The zero-order valence-electron chi connectivity index (χ0n) is 24.7. The van der Waals surface area contributed by atoms with Gasteiger partial charge in [0.1, 0.15) is 11.5 Å². The van der Waals surface area contributed by atoms with Crippen LogP contribution in [0.1, 0.15) is 146 Å². The summed E-state index contributed by atoms with van der Waals surface area (Å²) in [5.74, 6) is 0.897. The van der Waals surface area contributed by atoms with Crippen LogP contribution in [0.4, 0.5) is 0 Å². The number of phenolic OH excluding ortho intramolecular Hbond substituents is 2. The van der Waals surface area contributed by atoms with Crippen molar-refractivity contribution in [1.29, 1.82) is 0 Å². The lowest BCUT2D eigenvalue weighted by atomic mass is 9.78. The van der Waals surface area contributed by atoms with Gasteiger partial charge in [-0.15, -0.1) is 0 Å². The summed E-state index contributed by atoms with van der Waals surface area (Å²) in [4.78, 5) is 0. The molecule has 0 amide bonds. The fourth-order valence-corrected chi connectivity index (χ4v) is 5.20. The number of rotatable bonds is 13. The molecule has 2 aromatic carbocycles. The number of hydrogen-bond acceptors (Lipinski definition) is 2. The van der Waals surface area contributed by atoms with E-state index in [1.165, 1.54) is 68.9 Å². The molecule has 0 unspecified atom stereocenters. The Labute approximate surface area is 222 Å². The molecule has 0 aromatic heterocycles. The number of phenols is 2. The zero-order chi connectivity index (χ0) is 26.9. The third kappa shape index (κ3) is 9.16. The van der Waals surface area contributed by atoms with Crippen LogP contribution < -0.4 is 0 Å². The van der Waals surface area contributed by atoms with Crippen molar-refractivity contribution in [2.24, 2.45) is 0 Å². The molecule has 2 nitrogen and oxygen atoms in total. The molecule has 2 heteroatoms.